The van der Waals surface area contributed by atoms with Crippen molar-refractivity contribution in [2.24, 2.45) is 4.99 Å². The highest BCUT2D eigenvalue weighted by molar-refractivity contribution is 9.10. The minimum Gasteiger partial charge on any atom is -0.452 e. The number of aliphatic imine (C=N–C) groups is 1. The van der Waals surface area contributed by atoms with Crippen molar-refractivity contribution in [1.82, 2.24) is 0 Å². The molecule has 2 aromatic rings. The Bertz CT molecular complexity index is 863. The highest BCUT2D eigenvalue weighted by Gasteiger charge is 2.40. The van der Waals surface area contributed by atoms with E-state index in [0.29, 0.717) is 0 Å². The highest BCUT2D eigenvalue weighted by Crippen LogP contribution is 2.41. The minimum absolute atomic E-state index is 0.546. The Morgan fingerprint density at radius 1 is 0.889 bits per heavy atom. The third-order valence-electron chi connectivity index (χ3n) is 4.84. The number of hydrogen-bond acceptors (Lipinski definition) is 3. The molecule has 1 aliphatic carbocycles. The minimum atomic E-state index is -0.546. The largest absolute Gasteiger partial charge is 0.452 e. The van der Waals surface area contributed by atoms with E-state index in [2.05, 4.69) is 33.1 Å². The van der Waals surface area contributed by atoms with E-state index in [0.717, 1.165) is 52.9 Å². The van der Waals surface area contributed by atoms with Crippen LogP contribution in [0.3, 0.4) is 0 Å². The van der Waals surface area contributed by atoms with Crippen LogP contribution in [0.25, 0.3) is 5.76 Å². The average molecular weight is 424 g/mol. The van der Waals surface area contributed by atoms with Gasteiger partial charge in [-0.25, -0.2) is 0 Å². The Balaban J connectivity index is 1.61. The normalized spacial score (nSPS) is 20.3. The number of allylic oxidation sites excluding steroid dienone is 2. The summed E-state index contributed by atoms with van der Waals surface area (Å²) in [5, 5.41) is 0. The van der Waals surface area contributed by atoms with Crippen LogP contribution < -0.4 is 0 Å². The molecule has 27 heavy (non-hydrogen) atoms. The van der Waals surface area contributed by atoms with Gasteiger partial charge in [-0.2, -0.15) is 0 Å². The summed E-state index contributed by atoms with van der Waals surface area (Å²) in [6.07, 6.45) is 11.0. The standard InChI is InChI=1S/C23H22BrNO2/c24-19-9-11-20(12-10-19)25-16-13-21-17-22(18-7-3-1-4-8-18)27-23(26-21)14-5-2-6-15-23/h1,3-4,7-13,16-17H,2,5-6,14-15H2. The van der Waals surface area contributed by atoms with E-state index in [1.807, 2.05) is 54.6 Å². The molecule has 3 nitrogen and oxygen atoms in total. The Hall–Kier alpha value is -2.33. The second-order valence-corrected chi connectivity index (χ2v) is 7.79. The predicted octanol–water partition coefficient (Wildman–Crippen LogP) is 6.78. The maximum atomic E-state index is 6.36. The molecule has 0 N–H and O–H groups in total. The van der Waals surface area contributed by atoms with Crippen LogP contribution >= 0.6 is 15.9 Å². The second kappa shape index (κ2) is 8.13. The van der Waals surface area contributed by atoms with Gasteiger partial charge in [-0.05, 0) is 43.2 Å². The van der Waals surface area contributed by atoms with Crippen LogP contribution in [0.4, 0.5) is 5.69 Å². The van der Waals surface area contributed by atoms with Gasteiger partial charge < -0.3 is 9.47 Å². The molecule has 138 valence electrons. The van der Waals surface area contributed by atoms with Crippen molar-refractivity contribution in [1.29, 1.82) is 0 Å². The van der Waals surface area contributed by atoms with Gasteiger partial charge in [0.1, 0.15) is 11.5 Å². The fourth-order valence-corrected chi connectivity index (χ4v) is 3.73. The molecule has 4 heteroatoms. The van der Waals surface area contributed by atoms with Gasteiger partial charge in [0.25, 0.3) is 5.79 Å². The van der Waals surface area contributed by atoms with Gasteiger partial charge in [0.2, 0.25) is 0 Å². The van der Waals surface area contributed by atoms with Gasteiger partial charge in [0, 0.05) is 35.2 Å². The number of benzene rings is 2. The fourth-order valence-electron chi connectivity index (χ4n) is 3.47. The SMILES string of the molecule is Brc1ccc(N=CC=C2C=C(c3ccccc3)OC3(CCCCC3)O2)cc1. The molecule has 0 aromatic heterocycles. The van der Waals surface area contributed by atoms with Crippen molar-refractivity contribution in [3.8, 4) is 0 Å². The summed E-state index contributed by atoms with van der Waals surface area (Å²) in [4.78, 5) is 4.50. The fraction of sp³-hybridized carbons (Fsp3) is 0.261. The van der Waals surface area contributed by atoms with Crippen molar-refractivity contribution in [3.63, 3.8) is 0 Å². The summed E-state index contributed by atoms with van der Waals surface area (Å²) < 4.78 is 13.7. The first-order valence-corrected chi connectivity index (χ1v) is 10.2. The zero-order valence-electron chi connectivity index (χ0n) is 15.1. The summed E-state index contributed by atoms with van der Waals surface area (Å²) >= 11 is 3.44. The maximum absolute atomic E-state index is 6.36. The first kappa shape index (κ1) is 18.1. The lowest BCUT2D eigenvalue weighted by molar-refractivity contribution is -0.196. The number of rotatable bonds is 3. The highest BCUT2D eigenvalue weighted by atomic mass is 79.9. The maximum Gasteiger partial charge on any atom is 0.251 e. The Kier molecular flexibility index (Phi) is 5.44. The van der Waals surface area contributed by atoms with Crippen LogP contribution in [-0.4, -0.2) is 12.0 Å². The van der Waals surface area contributed by atoms with E-state index >= 15 is 0 Å². The molecule has 2 aliphatic rings. The Labute approximate surface area is 168 Å². The van der Waals surface area contributed by atoms with Crippen LogP contribution in [0.15, 0.2) is 82.0 Å². The van der Waals surface area contributed by atoms with E-state index < -0.39 is 5.79 Å². The number of halogens is 1. The predicted molar refractivity (Wildman–Crippen MR) is 113 cm³/mol. The molecule has 1 heterocycles. The molecule has 1 aliphatic heterocycles. The molecule has 0 unspecified atom stereocenters. The molecular weight excluding hydrogens is 402 g/mol. The number of nitrogens with zero attached hydrogens (tertiary/aromatic N) is 1. The van der Waals surface area contributed by atoms with Gasteiger partial charge in [-0.3, -0.25) is 4.99 Å². The molecule has 0 atom stereocenters. The van der Waals surface area contributed by atoms with Crippen molar-refractivity contribution in [2.45, 2.75) is 37.9 Å². The molecule has 4 rings (SSSR count). The second-order valence-electron chi connectivity index (χ2n) is 6.87. The van der Waals surface area contributed by atoms with Gasteiger partial charge in [0.05, 0.1) is 5.69 Å². The molecule has 0 amide bonds. The lowest BCUT2D eigenvalue weighted by Crippen LogP contribution is -2.39. The summed E-state index contributed by atoms with van der Waals surface area (Å²) in [7, 11) is 0. The van der Waals surface area contributed by atoms with Gasteiger partial charge in [-0.15, -0.1) is 0 Å². The smallest absolute Gasteiger partial charge is 0.251 e. The van der Waals surface area contributed by atoms with Crippen LogP contribution in [-0.2, 0) is 9.47 Å². The Morgan fingerprint density at radius 3 is 2.37 bits per heavy atom. The zero-order chi connectivity index (χ0) is 18.5. The van der Waals surface area contributed by atoms with Crippen molar-refractivity contribution >= 4 is 33.6 Å². The third-order valence-corrected chi connectivity index (χ3v) is 5.36. The summed E-state index contributed by atoms with van der Waals surface area (Å²) in [6, 6.07) is 18.1. The van der Waals surface area contributed by atoms with E-state index in [4.69, 9.17) is 9.47 Å². The summed E-state index contributed by atoms with van der Waals surface area (Å²) in [5.41, 5.74) is 1.98. The topological polar surface area (TPSA) is 30.8 Å². The van der Waals surface area contributed by atoms with E-state index in [-0.39, 0.29) is 0 Å². The molecule has 2 aromatic carbocycles. The average Bonchev–Trinajstić information content (AvgIpc) is 2.70. The molecule has 0 bridgehead atoms. The first-order chi connectivity index (χ1) is 13.2. The first-order valence-electron chi connectivity index (χ1n) is 9.38. The quantitative estimate of drug-likeness (QED) is 0.509. The molecule has 0 saturated heterocycles. The molecular formula is C23H22BrNO2. The van der Waals surface area contributed by atoms with E-state index in [9.17, 15) is 0 Å². The lowest BCUT2D eigenvalue weighted by Gasteiger charge is -2.41. The number of ether oxygens (including phenoxy) is 2. The van der Waals surface area contributed by atoms with Crippen molar-refractivity contribution in [3.05, 3.63) is 82.5 Å². The Morgan fingerprint density at radius 2 is 1.63 bits per heavy atom. The van der Waals surface area contributed by atoms with Crippen LogP contribution in [0, 0.1) is 0 Å². The molecule has 1 fully saturated rings. The third kappa shape index (κ3) is 4.51. The lowest BCUT2D eigenvalue weighted by atomic mass is 9.93. The van der Waals surface area contributed by atoms with Crippen LogP contribution in [0.5, 0.6) is 0 Å². The van der Waals surface area contributed by atoms with Crippen molar-refractivity contribution in [2.75, 3.05) is 0 Å². The van der Waals surface area contributed by atoms with E-state index in [1.54, 1.807) is 6.21 Å². The summed E-state index contributed by atoms with van der Waals surface area (Å²) in [5.74, 6) is 1.12. The molecule has 1 saturated carbocycles. The monoisotopic (exact) mass is 423 g/mol. The van der Waals surface area contributed by atoms with Gasteiger partial charge in [-0.1, -0.05) is 52.7 Å². The van der Waals surface area contributed by atoms with Crippen LogP contribution in [0.1, 0.15) is 37.7 Å². The molecule has 1 spiro atoms. The van der Waals surface area contributed by atoms with Crippen molar-refractivity contribution < 1.29 is 9.47 Å². The van der Waals surface area contributed by atoms with Crippen LogP contribution in [0.2, 0.25) is 0 Å². The van der Waals surface area contributed by atoms with Gasteiger partial charge in [0.15, 0.2) is 0 Å². The van der Waals surface area contributed by atoms with Gasteiger partial charge >= 0.3 is 0 Å². The molecule has 0 radical (unpaired) electrons. The van der Waals surface area contributed by atoms with E-state index in [1.165, 1.54) is 6.42 Å². The number of hydrogen-bond donors (Lipinski definition) is 0. The summed E-state index contributed by atoms with van der Waals surface area (Å²) in [6.45, 7) is 0. The zero-order valence-corrected chi connectivity index (χ0v) is 16.7.